The fourth-order valence-corrected chi connectivity index (χ4v) is 14.5. The van der Waals surface area contributed by atoms with Crippen molar-refractivity contribution >= 4 is 32.3 Å². The molecule has 0 aliphatic heterocycles. The molecular weight excluding hydrogens is 733 g/mol. The lowest BCUT2D eigenvalue weighted by Gasteiger charge is -2.61. The van der Waals surface area contributed by atoms with Gasteiger partial charge in [0.25, 0.3) is 0 Å². The summed E-state index contributed by atoms with van der Waals surface area (Å²) in [5.74, 6) is 3.26. The zero-order valence-electron chi connectivity index (χ0n) is 35.0. The van der Waals surface area contributed by atoms with E-state index in [4.69, 9.17) is 0 Å². The van der Waals surface area contributed by atoms with Crippen LogP contribution < -0.4 is 0 Å². The molecule has 9 aromatic carbocycles. The molecule has 0 heteroatoms. The molecule has 0 N–H and O–H groups in total. The average Bonchev–Trinajstić information content (AvgIpc) is 3.70. The van der Waals surface area contributed by atoms with Crippen LogP contribution in [-0.2, 0) is 10.8 Å². The minimum atomic E-state index is -0.126. The molecule has 4 bridgehead atoms. The molecule has 0 nitrogen and oxygen atoms in total. The highest BCUT2D eigenvalue weighted by Gasteiger charge is 2.61. The molecule has 6 aliphatic carbocycles. The van der Waals surface area contributed by atoms with Crippen LogP contribution in [0.1, 0.15) is 68.2 Å². The first-order valence-electron chi connectivity index (χ1n) is 22.9. The summed E-state index contributed by atoms with van der Waals surface area (Å²) in [4.78, 5) is 0. The summed E-state index contributed by atoms with van der Waals surface area (Å²) < 4.78 is 0. The maximum Gasteiger partial charge on any atom is 0.0272 e. The van der Waals surface area contributed by atoms with E-state index in [1.807, 2.05) is 0 Å². The summed E-state index contributed by atoms with van der Waals surface area (Å²) >= 11 is 0. The average molecular weight is 781 g/mol. The van der Waals surface area contributed by atoms with Crippen LogP contribution in [0.15, 0.2) is 170 Å². The Labute approximate surface area is 358 Å². The third-order valence-corrected chi connectivity index (χ3v) is 16.8. The van der Waals surface area contributed by atoms with Crippen LogP contribution in [0, 0.1) is 23.7 Å². The highest BCUT2D eigenvalue weighted by Crippen LogP contribution is 2.70. The molecule has 15 rings (SSSR count). The number of fused-ring (bicyclic) bond motifs is 9. The molecule has 0 unspecified atom stereocenters. The van der Waals surface area contributed by atoms with Crippen LogP contribution in [0.2, 0.25) is 0 Å². The van der Waals surface area contributed by atoms with E-state index >= 15 is 0 Å². The predicted molar refractivity (Wildman–Crippen MR) is 256 cm³/mol. The molecule has 6 aliphatic rings. The minimum Gasteiger partial charge on any atom is -0.0622 e. The Morgan fingerprint density at radius 3 is 1.33 bits per heavy atom. The first-order valence-corrected chi connectivity index (χ1v) is 22.9. The van der Waals surface area contributed by atoms with Crippen molar-refractivity contribution in [2.45, 2.75) is 56.8 Å². The predicted octanol–water partition coefficient (Wildman–Crippen LogP) is 16.2. The van der Waals surface area contributed by atoms with E-state index in [1.165, 1.54) is 131 Å². The second kappa shape index (κ2) is 12.2. The van der Waals surface area contributed by atoms with Crippen molar-refractivity contribution in [3.8, 4) is 55.6 Å². The smallest absolute Gasteiger partial charge is 0.0272 e. The van der Waals surface area contributed by atoms with Gasteiger partial charge in [0.05, 0.1) is 0 Å². The van der Waals surface area contributed by atoms with Gasteiger partial charge in [-0.3, -0.25) is 0 Å². The van der Waals surface area contributed by atoms with Crippen molar-refractivity contribution in [3.05, 3.63) is 192 Å². The summed E-state index contributed by atoms with van der Waals surface area (Å²) in [6, 6.07) is 65.8. The highest BCUT2D eigenvalue weighted by atomic mass is 14.6. The molecule has 4 fully saturated rings. The lowest BCUT2D eigenvalue weighted by Crippen LogP contribution is -2.55. The molecule has 4 saturated carbocycles. The second-order valence-electron chi connectivity index (χ2n) is 20.0. The second-order valence-corrected chi connectivity index (χ2v) is 20.0. The summed E-state index contributed by atoms with van der Waals surface area (Å²) in [5, 5.41) is 8.09. The quantitative estimate of drug-likeness (QED) is 0.157. The van der Waals surface area contributed by atoms with E-state index < -0.39 is 0 Å². The van der Waals surface area contributed by atoms with E-state index in [0.29, 0.717) is 0 Å². The van der Waals surface area contributed by atoms with Crippen LogP contribution in [0.25, 0.3) is 88.0 Å². The van der Waals surface area contributed by atoms with Crippen molar-refractivity contribution in [1.29, 1.82) is 0 Å². The molecule has 0 saturated heterocycles. The van der Waals surface area contributed by atoms with Crippen molar-refractivity contribution < 1.29 is 0 Å². The molecule has 1 spiro atoms. The molecule has 0 aromatic heterocycles. The molecule has 0 radical (unpaired) electrons. The Kier molecular flexibility index (Phi) is 6.89. The summed E-state index contributed by atoms with van der Waals surface area (Å²) in [5.41, 5.74) is 19.7. The van der Waals surface area contributed by atoms with E-state index in [0.717, 1.165) is 23.7 Å². The van der Waals surface area contributed by atoms with E-state index in [1.54, 1.807) is 11.1 Å². The molecule has 61 heavy (non-hydrogen) atoms. The van der Waals surface area contributed by atoms with Crippen LogP contribution in [0.5, 0.6) is 0 Å². The van der Waals surface area contributed by atoms with Crippen molar-refractivity contribution in [2.75, 3.05) is 0 Å². The molecule has 9 aromatic rings. The lowest BCUT2D eigenvalue weighted by atomic mass is 9.43. The maximum absolute atomic E-state index is 2.70. The summed E-state index contributed by atoms with van der Waals surface area (Å²) in [7, 11) is 0. The first-order chi connectivity index (χ1) is 29.9. The van der Waals surface area contributed by atoms with Crippen molar-refractivity contribution in [2.24, 2.45) is 23.7 Å². The Bertz CT molecular complexity index is 3260. The van der Waals surface area contributed by atoms with Crippen LogP contribution in [0.3, 0.4) is 0 Å². The van der Waals surface area contributed by atoms with Gasteiger partial charge in [0.15, 0.2) is 0 Å². The Morgan fingerprint density at radius 1 is 0.344 bits per heavy atom. The zero-order chi connectivity index (χ0) is 40.2. The summed E-state index contributed by atoms with van der Waals surface area (Å²) in [6.45, 7) is 4.83. The summed E-state index contributed by atoms with van der Waals surface area (Å²) in [6.07, 6.45) is 7.02. The van der Waals surface area contributed by atoms with Crippen LogP contribution in [0.4, 0.5) is 0 Å². The number of benzene rings is 9. The number of hydrogen-bond donors (Lipinski definition) is 0. The van der Waals surface area contributed by atoms with Gasteiger partial charge in [-0.05, 0) is 196 Å². The van der Waals surface area contributed by atoms with Gasteiger partial charge in [-0.25, -0.2) is 0 Å². The number of hydrogen-bond acceptors (Lipinski definition) is 0. The zero-order valence-corrected chi connectivity index (χ0v) is 35.0. The topological polar surface area (TPSA) is 0 Å². The standard InChI is InChI=1S/C61H48/c1-60(2)54-32-41(38-12-4-3-5-13-38)20-23-46(54)47-24-21-42(34-55(47)60)58-49-16-8-10-18-51(49)59(52-19-11-9-17-50(52)58)43-22-25-48-53-31-39-14-6-7-15-40(39)33-57(53)61(56(48)35-43)44-27-36-26-37(29-44)30-45(61)28-36/h3-25,31-37,44-45H,26-30H2,1-2H3. The Balaban J connectivity index is 0.964. The van der Waals surface area contributed by atoms with E-state index in [9.17, 15) is 0 Å². The van der Waals surface area contributed by atoms with Gasteiger partial charge in [0.1, 0.15) is 0 Å². The third kappa shape index (κ3) is 4.56. The first kappa shape index (κ1) is 34.5. The van der Waals surface area contributed by atoms with Gasteiger partial charge in [-0.15, -0.1) is 0 Å². The van der Waals surface area contributed by atoms with E-state index in [-0.39, 0.29) is 10.8 Å². The maximum atomic E-state index is 2.70. The lowest BCUT2D eigenvalue weighted by molar-refractivity contribution is -0.0398. The largest absolute Gasteiger partial charge is 0.0622 e. The fourth-order valence-electron chi connectivity index (χ4n) is 14.5. The molecule has 292 valence electrons. The van der Waals surface area contributed by atoms with Gasteiger partial charge in [0, 0.05) is 10.8 Å². The minimum absolute atomic E-state index is 0.0976. The van der Waals surface area contributed by atoms with Gasteiger partial charge >= 0.3 is 0 Å². The molecule has 0 atom stereocenters. The van der Waals surface area contributed by atoms with Gasteiger partial charge < -0.3 is 0 Å². The highest BCUT2D eigenvalue weighted by molar-refractivity contribution is 6.21. The van der Waals surface area contributed by atoms with Crippen molar-refractivity contribution in [1.82, 2.24) is 0 Å². The normalized spacial score (nSPS) is 23.4. The van der Waals surface area contributed by atoms with Crippen LogP contribution >= 0.6 is 0 Å². The van der Waals surface area contributed by atoms with Gasteiger partial charge in [-0.1, -0.05) is 153 Å². The third-order valence-electron chi connectivity index (χ3n) is 16.8. The Morgan fingerprint density at radius 2 is 0.770 bits per heavy atom. The molecule has 0 amide bonds. The molecular formula is C61H48. The van der Waals surface area contributed by atoms with Crippen LogP contribution in [-0.4, -0.2) is 0 Å². The van der Waals surface area contributed by atoms with E-state index in [2.05, 4.69) is 184 Å². The fraction of sp³-hybridized carbons (Fsp3) is 0.213. The van der Waals surface area contributed by atoms with Crippen molar-refractivity contribution in [3.63, 3.8) is 0 Å². The monoisotopic (exact) mass is 780 g/mol. The number of rotatable bonds is 3. The molecule has 0 heterocycles. The van der Waals surface area contributed by atoms with Gasteiger partial charge in [0.2, 0.25) is 0 Å². The SMILES string of the molecule is CC1(C)c2cc(-c3ccccc3)ccc2-c2ccc(-c3c4ccccc4c(-c4ccc5c(c4)C4(c6cc7ccccc7cc6-5)C5CC6CC(C5)CC4C6)c4ccccc34)cc21. The Hall–Kier alpha value is -6.24. The van der Waals surface area contributed by atoms with Gasteiger partial charge in [-0.2, -0.15) is 0 Å².